The summed E-state index contributed by atoms with van der Waals surface area (Å²) in [5.74, 6) is -0.176. The highest BCUT2D eigenvalue weighted by atomic mass is 32.1. The summed E-state index contributed by atoms with van der Waals surface area (Å²) in [7, 11) is 0. The fraction of sp³-hybridized carbons (Fsp3) is 0.111. The number of fused-ring (bicyclic) bond motifs is 1. The number of hydrazone groups is 1. The van der Waals surface area contributed by atoms with Crippen molar-refractivity contribution >= 4 is 33.7 Å². The predicted octanol–water partition coefficient (Wildman–Crippen LogP) is 4.36. The second-order valence-corrected chi connectivity index (χ2v) is 6.26. The van der Waals surface area contributed by atoms with Gasteiger partial charge < -0.3 is 0 Å². The number of benzene rings is 2. The van der Waals surface area contributed by atoms with E-state index in [2.05, 4.69) is 34.8 Å². The molecule has 2 aromatic carbocycles. The smallest absolute Gasteiger partial charge is 0.267 e. The molecular formula is C18H16N2OS. The molecule has 0 aliphatic carbocycles. The lowest BCUT2D eigenvalue weighted by Crippen LogP contribution is -2.18. The van der Waals surface area contributed by atoms with E-state index in [0.717, 1.165) is 21.5 Å². The molecule has 0 radical (unpaired) electrons. The van der Waals surface area contributed by atoms with E-state index in [0.29, 0.717) is 5.56 Å². The predicted molar refractivity (Wildman–Crippen MR) is 92.7 cm³/mol. The number of rotatable bonds is 3. The number of nitrogens with one attached hydrogen (secondary N) is 1. The average Bonchev–Trinajstić information content (AvgIpc) is 2.98. The first-order valence-corrected chi connectivity index (χ1v) is 7.90. The van der Waals surface area contributed by atoms with Gasteiger partial charge in [-0.1, -0.05) is 36.4 Å². The lowest BCUT2D eigenvalue weighted by atomic mass is 10.0. The Morgan fingerprint density at radius 2 is 1.82 bits per heavy atom. The molecule has 0 aliphatic heterocycles. The van der Waals surface area contributed by atoms with Gasteiger partial charge in [-0.3, -0.25) is 4.79 Å². The molecule has 110 valence electrons. The van der Waals surface area contributed by atoms with E-state index in [4.69, 9.17) is 0 Å². The first-order valence-electron chi connectivity index (χ1n) is 7.02. The van der Waals surface area contributed by atoms with Crippen LogP contribution in [0.25, 0.3) is 10.8 Å². The van der Waals surface area contributed by atoms with Crippen LogP contribution in [-0.4, -0.2) is 11.6 Å². The molecule has 0 aliphatic rings. The average molecular weight is 308 g/mol. The highest BCUT2D eigenvalue weighted by molar-refractivity contribution is 7.10. The molecule has 0 atom stereocenters. The van der Waals surface area contributed by atoms with Gasteiger partial charge in [0.25, 0.3) is 5.91 Å². The van der Waals surface area contributed by atoms with Crippen molar-refractivity contribution in [2.24, 2.45) is 5.10 Å². The van der Waals surface area contributed by atoms with Gasteiger partial charge in [-0.15, -0.1) is 11.3 Å². The molecule has 1 amide bonds. The maximum Gasteiger partial charge on any atom is 0.272 e. The normalized spacial score (nSPS) is 11.6. The van der Waals surface area contributed by atoms with Gasteiger partial charge in [0.05, 0.1) is 11.3 Å². The van der Waals surface area contributed by atoms with Crippen molar-refractivity contribution in [3.8, 4) is 0 Å². The van der Waals surface area contributed by atoms with Gasteiger partial charge in [0.1, 0.15) is 0 Å². The van der Waals surface area contributed by atoms with Crippen LogP contribution in [-0.2, 0) is 0 Å². The van der Waals surface area contributed by atoms with Crippen LogP contribution in [0.2, 0.25) is 0 Å². The zero-order valence-corrected chi connectivity index (χ0v) is 13.3. The maximum absolute atomic E-state index is 12.0. The standard InChI is InChI=1S/C18H16N2OS/c1-12-9-17(11-22-12)18(21)20-19-13(2)15-8-7-14-5-3-4-6-16(14)10-15/h3-11H,1-2H3,(H,20,21). The van der Waals surface area contributed by atoms with Crippen LogP contribution in [0.5, 0.6) is 0 Å². The Hall–Kier alpha value is -2.46. The topological polar surface area (TPSA) is 41.5 Å². The van der Waals surface area contributed by atoms with E-state index >= 15 is 0 Å². The van der Waals surface area contributed by atoms with Crippen LogP contribution >= 0.6 is 11.3 Å². The van der Waals surface area contributed by atoms with Gasteiger partial charge in [0, 0.05) is 10.3 Å². The third-order valence-corrected chi connectivity index (χ3v) is 4.35. The summed E-state index contributed by atoms with van der Waals surface area (Å²) in [6, 6.07) is 16.2. The van der Waals surface area contributed by atoms with E-state index in [1.165, 1.54) is 5.39 Å². The first-order chi connectivity index (χ1) is 10.6. The molecule has 3 aromatic rings. The van der Waals surface area contributed by atoms with Crippen molar-refractivity contribution < 1.29 is 4.79 Å². The zero-order valence-electron chi connectivity index (χ0n) is 12.5. The van der Waals surface area contributed by atoms with Crippen molar-refractivity contribution in [1.82, 2.24) is 5.43 Å². The van der Waals surface area contributed by atoms with Gasteiger partial charge in [-0.05, 0) is 42.3 Å². The largest absolute Gasteiger partial charge is 0.272 e. The van der Waals surface area contributed by atoms with Gasteiger partial charge in [-0.25, -0.2) is 5.43 Å². The van der Waals surface area contributed by atoms with Crippen LogP contribution in [0.4, 0.5) is 0 Å². The van der Waals surface area contributed by atoms with E-state index in [1.807, 2.05) is 43.5 Å². The Kier molecular flexibility index (Phi) is 4.02. The van der Waals surface area contributed by atoms with E-state index in [9.17, 15) is 4.79 Å². The summed E-state index contributed by atoms with van der Waals surface area (Å²) in [5.41, 5.74) is 5.05. The quantitative estimate of drug-likeness (QED) is 0.567. The fourth-order valence-electron chi connectivity index (χ4n) is 2.24. The van der Waals surface area contributed by atoms with Crippen molar-refractivity contribution in [1.29, 1.82) is 0 Å². The van der Waals surface area contributed by atoms with Crippen molar-refractivity contribution in [2.45, 2.75) is 13.8 Å². The van der Waals surface area contributed by atoms with Crippen molar-refractivity contribution in [3.63, 3.8) is 0 Å². The first kappa shape index (κ1) is 14.5. The minimum absolute atomic E-state index is 0.176. The Balaban J connectivity index is 1.79. The molecule has 3 rings (SSSR count). The Bertz CT molecular complexity index is 864. The van der Waals surface area contributed by atoms with Crippen molar-refractivity contribution in [3.05, 3.63) is 69.9 Å². The number of carbonyl (C=O) groups is 1. The molecule has 4 heteroatoms. The summed E-state index contributed by atoms with van der Waals surface area (Å²) in [5, 5.41) is 8.40. The Labute approximate surface area is 133 Å². The maximum atomic E-state index is 12.0. The number of nitrogens with zero attached hydrogens (tertiary/aromatic N) is 1. The molecule has 1 aromatic heterocycles. The number of carbonyl (C=O) groups excluding carboxylic acids is 1. The molecule has 0 saturated heterocycles. The molecular weight excluding hydrogens is 292 g/mol. The minimum Gasteiger partial charge on any atom is -0.267 e. The van der Waals surface area contributed by atoms with E-state index in [1.54, 1.807) is 11.3 Å². The van der Waals surface area contributed by atoms with E-state index < -0.39 is 0 Å². The van der Waals surface area contributed by atoms with Crippen LogP contribution in [0.3, 0.4) is 0 Å². The van der Waals surface area contributed by atoms with Crippen LogP contribution in [0.1, 0.15) is 27.7 Å². The highest BCUT2D eigenvalue weighted by Crippen LogP contribution is 2.16. The van der Waals surface area contributed by atoms with Crippen molar-refractivity contribution in [2.75, 3.05) is 0 Å². The number of hydrogen-bond donors (Lipinski definition) is 1. The summed E-state index contributed by atoms with van der Waals surface area (Å²) < 4.78 is 0. The minimum atomic E-state index is -0.176. The molecule has 1 N–H and O–H groups in total. The van der Waals surface area contributed by atoms with Crippen LogP contribution in [0.15, 0.2) is 59.0 Å². The molecule has 22 heavy (non-hydrogen) atoms. The highest BCUT2D eigenvalue weighted by Gasteiger charge is 2.07. The molecule has 0 saturated carbocycles. The van der Waals surface area contributed by atoms with Crippen LogP contribution in [0, 0.1) is 6.92 Å². The monoisotopic (exact) mass is 308 g/mol. The van der Waals surface area contributed by atoms with Crippen LogP contribution < -0.4 is 5.43 Å². The lowest BCUT2D eigenvalue weighted by molar-refractivity contribution is 0.0955. The number of aryl methyl sites for hydroxylation is 1. The second-order valence-electron chi connectivity index (χ2n) is 5.15. The summed E-state index contributed by atoms with van der Waals surface area (Å²) in [6.45, 7) is 3.87. The number of hydrogen-bond acceptors (Lipinski definition) is 3. The third-order valence-electron chi connectivity index (χ3n) is 3.49. The van der Waals surface area contributed by atoms with E-state index in [-0.39, 0.29) is 5.91 Å². The second kappa shape index (κ2) is 6.12. The SMILES string of the molecule is CC(=NNC(=O)c1csc(C)c1)c1ccc2ccccc2c1. The summed E-state index contributed by atoms with van der Waals surface area (Å²) >= 11 is 1.56. The molecule has 0 unspecified atom stereocenters. The lowest BCUT2D eigenvalue weighted by Gasteiger charge is -2.04. The molecule has 3 nitrogen and oxygen atoms in total. The molecule has 1 heterocycles. The molecule has 0 spiro atoms. The van der Waals surface area contributed by atoms with Gasteiger partial charge in [0.15, 0.2) is 0 Å². The summed E-state index contributed by atoms with van der Waals surface area (Å²) in [6.07, 6.45) is 0. The van der Waals surface area contributed by atoms with Gasteiger partial charge in [-0.2, -0.15) is 5.10 Å². The van der Waals surface area contributed by atoms with Gasteiger partial charge >= 0.3 is 0 Å². The molecule has 0 fully saturated rings. The number of thiophene rings is 1. The zero-order chi connectivity index (χ0) is 15.5. The Morgan fingerprint density at radius 1 is 1.05 bits per heavy atom. The molecule has 0 bridgehead atoms. The summed E-state index contributed by atoms with van der Waals surface area (Å²) in [4.78, 5) is 13.1. The number of amides is 1. The third kappa shape index (κ3) is 3.07. The van der Waals surface area contributed by atoms with Gasteiger partial charge in [0.2, 0.25) is 0 Å². The fourth-order valence-corrected chi connectivity index (χ4v) is 2.92. The Morgan fingerprint density at radius 3 is 2.55 bits per heavy atom.